The molecule has 0 spiro atoms. The molecule has 1 aliphatic carbocycles. The fraction of sp³-hybridized carbons (Fsp3) is 0.296. The van der Waals surface area contributed by atoms with Crippen molar-refractivity contribution >= 4 is 22.8 Å². The van der Waals surface area contributed by atoms with E-state index in [9.17, 15) is 14.0 Å². The molecule has 4 aromatic rings. The first-order chi connectivity index (χ1) is 17.0. The zero-order valence-corrected chi connectivity index (χ0v) is 19.4. The normalized spacial score (nSPS) is 13.9. The lowest BCUT2D eigenvalue weighted by atomic mass is 10.1. The molecular formula is C27H26FN3O4. The number of ether oxygens (including phenoxy) is 1. The summed E-state index contributed by atoms with van der Waals surface area (Å²) in [5.74, 6) is 0.438. The van der Waals surface area contributed by atoms with Crippen molar-refractivity contribution in [3.05, 3.63) is 93.9 Å². The number of nitrogens with zero attached hydrogens (tertiary/aromatic N) is 3. The number of methoxy groups -OCH3 is 1. The van der Waals surface area contributed by atoms with Crippen LogP contribution in [0.15, 0.2) is 70.1 Å². The van der Waals surface area contributed by atoms with E-state index in [0.717, 1.165) is 37.0 Å². The van der Waals surface area contributed by atoms with E-state index in [1.54, 1.807) is 41.2 Å². The van der Waals surface area contributed by atoms with E-state index in [1.807, 2.05) is 12.1 Å². The summed E-state index contributed by atoms with van der Waals surface area (Å²) in [6.07, 6.45) is 5.79. The minimum absolute atomic E-state index is 0.188. The largest absolute Gasteiger partial charge is 0.467 e. The Kier molecular flexibility index (Phi) is 6.35. The second-order valence-corrected chi connectivity index (χ2v) is 8.80. The van der Waals surface area contributed by atoms with Gasteiger partial charge in [0.25, 0.3) is 5.56 Å². The van der Waals surface area contributed by atoms with Gasteiger partial charge in [0.05, 0.1) is 42.9 Å². The summed E-state index contributed by atoms with van der Waals surface area (Å²) < 4.78 is 25.7. The molecule has 0 N–H and O–H groups in total. The number of carbonyl (C=O) groups excluding carboxylic acids is 1. The van der Waals surface area contributed by atoms with Crippen molar-refractivity contribution in [1.82, 2.24) is 9.55 Å². The Balaban J connectivity index is 1.69. The predicted octanol–water partition coefficient (Wildman–Crippen LogP) is 4.91. The zero-order valence-electron chi connectivity index (χ0n) is 19.4. The van der Waals surface area contributed by atoms with Crippen LogP contribution in [-0.4, -0.2) is 28.7 Å². The van der Waals surface area contributed by atoms with Crippen molar-refractivity contribution in [3.63, 3.8) is 0 Å². The van der Waals surface area contributed by atoms with E-state index >= 15 is 0 Å². The minimum Gasteiger partial charge on any atom is -0.467 e. The lowest BCUT2D eigenvalue weighted by molar-refractivity contribution is 0.0601. The average molecular weight is 476 g/mol. The number of hydrogen-bond donors (Lipinski definition) is 0. The maximum atomic E-state index is 13.8. The van der Waals surface area contributed by atoms with Crippen molar-refractivity contribution in [2.24, 2.45) is 0 Å². The maximum absolute atomic E-state index is 13.8. The number of benzene rings is 2. The second kappa shape index (κ2) is 9.74. The molecule has 0 aliphatic heterocycles. The third kappa shape index (κ3) is 4.69. The fourth-order valence-electron chi connectivity index (χ4n) is 4.74. The van der Waals surface area contributed by atoms with Crippen molar-refractivity contribution in [2.45, 2.75) is 44.8 Å². The van der Waals surface area contributed by atoms with Gasteiger partial charge in [0.2, 0.25) is 5.95 Å². The third-order valence-electron chi connectivity index (χ3n) is 6.54. The van der Waals surface area contributed by atoms with E-state index in [1.165, 1.54) is 19.2 Å². The standard InChI is InChI=1S/C27H26FN3O4/c1-34-26(33)19-10-13-23-24(15-19)29-27(31(25(23)32)16-18-8-11-20(28)12-9-18)30(21-5-2-3-6-21)17-22-7-4-14-35-22/h4,7-15,21H,2-3,5-6,16-17H2,1H3. The van der Waals surface area contributed by atoms with Crippen LogP contribution in [0.3, 0.4) is 0 Å². The molecule has 1 saturated carbocycles. The Morgan fingerprint density at radius 3 is 2.63 bits per heavy atom. The molecular weight excluding hydrogens is 449 g/mol. The number of hydrogen-bond acceptors (Lipinski definition) is 6. The van der Waals surface area contributed by atoms with Gasteiger partial charge in [-0.1, -0.05) is 25.0 Å². The Hall–Kier alpha value is -3.94. The Morgan fingerprint density at radius 2 is 1.94 bits per heavy atom. The van der Waals surface area contributed by atoms with Crippen LogP contribution in [0.25, 0.3) is 10.9 Å². The van der Waals surface area contributed by atoms with Crippen LogP contribution in [0.1, 0.15) is 47.4 Å². The SMILES string of the molecule is COC(=O)c1ccc2c(=O)n(Cc3ccc(F)cc3)c(N(Cc3ccco3)C3CCCC3)nc2c1. The topological polar surface area (TPSA) is 77.6 Å². The molecule has 35 heavy (non-hydrogen) atoms. The molecule has 2 aromatic heterocycles. The highest BCUT2D eigenvalue weighted by atomic mass is 19.1. The maximum Gasteiger partial charge on any atom is 0.337 e. The van der Waals surface area contributed by atoms with Crippen LogP contribution in [0.4, 0.5) is 10.3 Å². The van der Waals surface area contributed by atoms with Crippen molar-refractivity contribution in [1.29, 1.82) is 0 Å². The molecule has 0 amide bonds. The molecule has 180 valence electrons. The van der Waals surface area contributed by atoms with Crippen LogP contribution in [0, 0.1) is 5.82 Å². The van der Waals surface area contributed by atoms with E-state index < -0.39 is 5.97 Å². The van der Waals surface area contributed by atoms with Crippen LogP contribution >= 0.6 is 0 Å². The molecule has 2 aromatic carbocycles. The number of carbonyl (C=O) groups is 1. The number of aromatic nitrogens is 2. The first-order valence-corrected chi connectivity index (χ1v) is 11.7. The third-order valence-corrected chi connectivity index (χ3v) is 6.54. The summed E-state index contributed by atoms with van der Waals surface area (Å²) in [6, 6.07) is 14.8. The van der Waals surface area contributed by atoms with Gasteiger partial charge in [-0.15, -0.1) is 0 Å². The quantitative estimate of drug-likeness (QED) is 0.354. The van der Waals surface area contributed by atoms with E-state index in [-0.39, 0.29) is 24.0 Å². The van der Waals surface area contributed by atoms with Gasteiger partial charge in [-0.3, -0.25) is 9.36 Å². The summed E-state index contributed by atoms with van der Waals surface area (Å²) in [4.78, 5) is 32.9. The van der Waals surface area contributed by atoms with Crippen molar-refractivity contribution < 1.29 is 18.3 Å². The first-order valence-electron chi connectivity index (χ1n) is 11.7. The molecule has 8 heteroatoms. The van der Waals surface area contributed by atoms with E-state index in [2.05, 4.69) is 4.90 Å². The smallest absolute Gasteiger partial charge is 0.337 e. The van der Waals surface area contributed by atoms with Crippen molar-refractivity contribution in [2.75, 3.05) is 12.0 Å². The van der Waals surface area contributed by atoms with E-state index in [0.29, 0.717) is 29.0 Å². The van der Waals surface area contributed by atoms with Crippen LogP contribution in [0.5, 0.6) is 0 Å². The minimum atomic E-state index is -0.492. The molecule has 2 heterocycles. The van der Waals surface area contributed by atoms with Crippen LogP contribution in [0.2, 0.25) is 0 Å². The van der Waals surface area contributed by atoms with Gasteiger partial charge < -0.3 is 14.1 Å². The van der Waals surface area contributed by atoms with Gasteiger partial charge in [0.1, 0.15) is 11.6 Å². The van der Waals surface area contributed by atoms with Gasteiger partial charge in [-0.25, -0.2) is 14.2 Å². The molecule has 0 bridgehead atoms. The molecule has 1 aliphatic rings. The predicted molar refractivity (Wildman–Crippen MR) is 130 cm³/mol. The Labute approximate surface area is 201 Å². The lowest BCUT2D eigenvalue weighted by Crippen LogP contribution is -2.38. The summed E-state index contributed by atoms with van der Waals surface area (Å²) in [6.45, 7) is 0.688. The molecule has 5 rings (SSSR count). The molecule has 0 radical (unpaired) electrons. The zero-order chi connectivity index (χ0) is 24.4. The van der Waals surface area contributed by atoms with Crippen molar-refractivity contribution in [3.8, 4) is 0 Å². The first kappa shape index (κ1) is 22.8. The lowest BCUT2D eigenvalue weighted by Gasteiger charge is -2.31. The van der Waals surface area contributed by atoms with E-state index in [4.69, 9.17) is 14.1 Å². The number of esters is 1. The highest BCUT2D eigenvalue weighted by Crippen LogP contribution is 2.30. The highest BCUT2D eigenvalue weighted by Gasteiger charge is 2.28. The van der Waals surface area contributed by atoms with Gasteiger partial charge in [-0.2, -0.15) is 0 Å². The molecule has 0 unspecified atom stereocenters. The summed E-state index contributed by atoms with van der Waals surface area (Å²) in [5.41, 5.74) is 1.30. The summed E-state index contributed by atoms with van der Waals surface area (Å²) in [7, 11) is 1.32. The summed E-state index contributed by atoms with van der Waals surface area (Å²) in [5, 5.41) is 0.396. The number of furan rings is 1. The van der Waals surface area contributed by atoms with Gasteiger partial charge in [0, 0.05) is 6.04 Å². The molecule has 7 nitrogen and oxygen atoms in total. The number of anilines is 1. The fourth-order valence-corrected chi connectivity index (χ4v) is 4.74. The second-order valence-electron chi connectivity index (χ2n) is 8.80. The average Bonchev–Trinajstić information content (AvgIpc) is 3.59. The van der Waals surface area contributed by atoms with Crippen LogP contribution < -0.4 is 10.5 Å². The number of fused-ring (bicyclic) bond motifs is 1. The Bertz CT molecular complexity index is 1390. The molecule has 0 saturated heterocycles. The monoisotopic (exact) mass is 475 g/mol. The van der Waals surface area contributed by atoms with Gasteiger partial charge >= 0.3 is 5.97 Å². The van der Waals surface area contributed by atoms with Gasteiger partial charge in [0.15, 0.2) is 0 Å². The highest BCUT2D eigenvalue weighted by molar-refractivity contribution is 5.94. The summed E-state index contributed by atoms with van der Waals surface area (Å²) >= 11 is 0. The number of halogens is 1. The van der Waals surface area contributed by atoms with Crippen LogP contribution in [-0.2, 0) is 17.8 Å². The Morgan fingerprint density at radius 1 is 1.17 bits per heavy atom. The molecule has 1 fully saturated rings. The number of rotatable bonds is 7. The molecule has 0 atom stereocenters. The van der Waals surface area contributed by atoms with Gasteiger partial charge in [-0.05, 0) is 60.9 Å².